The van der Waals surface area contributed by atoms with Gasteiger partial charge in [-0.1, -0.05) is 19.1 Å². The van der Waals surface area contributed by atoms with Crippen molar-refractivity contribution in [3.63, 3.8) is 0 Å². The van der Waals surface area contributed by atoms with Gasteiger partial charge in [0, 0.05) is 11.3 Å². The number of imide groups is 1. The van der Waals surface area contributed by atoms with Crippen LogP contribution in [0.3, 0.4) is 0 Å². The molecule has 1 heterocycles. The lowest BCUT2D eigenvalue weighted by molar-refractivity contribution is -0.135. The van der Waals surface area contributed by atoms with E-state index in [4.69, 9.17) is 4.74 Å². The zero-order chi connectivity index (χ0) is 24.3. The summed E-state index contributed by atoms with van der Waals surface area (Å²) in [7, 11) is 1.53. The Balaban J connectivity index is 1.34. The molecule has 1 saturated heterocycles. The molecular formula is C25H28N4O5. The first-order valence-corrected chi connectivity index (χ1v) is 11.3. The summed E-state index contributed by atoms with van der Waals surface area (Å²) in [5.41, 5.74) is 0.519. The molecule has 1 spiro atoms. The fraction of sp³-hybridized carbons (Fsp3) is 0.360. The molecule has 2 aromatic rings. The van der Waals surface area contributed by atoms with Crippen molar-refractivity contribution in [1.82, 2.24) is 10.2 Å². The molecule has 2 aromatic carbocycles. The molecule has 34 heavy (non-hydrogen) atoms. The topological polar surface area (TPSA) is 117 Å². The van der Waals surface area contributed by atoms with Crippen LogP contribution in [0.4, 0.5) is 16.2 Å². The largest absolute Gasteiger partial charge is 0.495 e. The molecule has 0 atom stereocenters. The van der Waals surface area contributed by atoms with Crippen molar-refractivity contribution >= 4 is 35.1 Å². The van der Waals surface area contributed by atoms with E-state index in [-0.39, 0.29) is 18.4 Å². The monoisotopic (exact) mass is 464 g/mol. The van der Waals surface area contributed by atoms with Gasteiger partial charge in [0.25, 0.3) is 11.8 Å². The van der Waals surface area contributed by atoms with Gasteiger partial charge in [-0.05, 0) is 68.0 Å². The molecule has 2 aliphatic rings. The first-order chi connectivity index (χ1) is 16.3. The second-order valence-corrected chi connectivity index (χ2v) is 8.87. The highest BCUT2D eigenvalue weighted by molar-refractivity contribution is 6.10. The highest BCUT2D eigenvalue weighted by Crippen LogP contribution is 2.36. The Labute approximate surface area is 197 Å². The molecule has 0 unspecified atom stereocenters. The fourth-order valence-corrected chi connectivity index (χ4v) is 4.41. The van der Waals surface area contributed by atoms with E-state index in [0.717, 1.165) is 17.7 Å². The number of amides is 5. The predicted octanol–water partition coefficient (Wildman–Crippen LogP) is 3.39. The number of carbonyl (C=O) groups excluding carboxylic acids is 4. The summed E-state index contributed by atoms with van der Waals surface area (Å²) in [4.78, 5) is 51.4. The van der Waals surface area contributed by atoms with Gasteiger partial charge in [-0.2, -0.15) is 0 Å². The number of hydrogen-bond donors (Lipinski definition) is 3. The molecule has 5 amide bonds. The van der Waals surface area contributed by atoms with Crippen molar-refractivity contribution in [3.8, 4) is 5.75 Å². The van der Waals surface area contributed by atoms with Crippen LogP contribution in [0.15, 0.2) is 48.5 Å². The van der Waals surface area contributed by atoms with E-state index < -0.39 is 17.5 Å². The zero-order valence-corrected chi connectivity index (χ0v) is 19.2. The number of urea groups is 1. The highest BCUT2D eigenvalue weighted by Gasteiger charge is 2.52. The van der Waals surface area contributed by atoms with Crippen molar-refractivity contribution in [2.75, 3.05) is 24.3 Å². The van der Waals surface area contributed by atoms with Crippen LogP contribution < -0.4 is 20.7 Å². The molecule has 1 saturated carbocycles. The van der Waals surface area contributed by atoms with Crippen LogP contribution in [0.25, 0.3) is 0 Å². The van der Waals surface area contributed by atoms with Crippen LogP contribution in [-0.2, 0) is 9.59 Å². The molecule has 9 heteroatoms. The van der Waals surface area contributed by atoms with Gasteiger partial charge in [0.15, 0.2) is 0 Å². The van der Waals surface area contributed by atoms with Crippen LogP contribution in [0.1, 0.15) is 43.0 Å². The SMILES string of the molecule is COc1ccccc1NC(=O)c1ccc(NC(=O)CN2C(=O)NC3(CCC(C)CC3)C2=O)cc1. The number of nitrogens with one attached hydrogen (secondary N) is 3. The average Bonchev–Trinajstić information content (AvgIpc) is 3.06. The maximum Gasteiger partial charge on any atom is 0.325 e. The van der Waals surface area contributed by atoms with E-state index in [1.54, 1.807) is 48.5 Å². The molecule has 2 fully saturated rings. The molecule has 9 nitrogen and oxygen atoms in total. The molecule has 0 aromatic heterocycles. The standard InChI is InChI=1S/C25H28N4O5/c1-16-11-13-25(14-12-16)23(32)29(24(33)28-25)15-21(30)26-18-9-7-17(8-10-18)22(31)27-19-5-3-4-6-20(19)34-2/h3-10,16H,11-15H2,1-2H3,(H,26,30)(H,27,31)(H,28,33). The number of rotatable bonds is 6. The number of nitrogens with zero attached hydrogens (tertiary/aromatic N) is 1. The van der Waals surface area contributed by atoms with Crippen LogP contribution in [0, 0.1) is 5.92 Å². The van der Waals surface area contributed by atoms with E-state index in [0.29, 0.717) is 41.4 Å². The molecular weight excluding hydrogens is 436 g/mol. The third-order valence-electron chi connectivity index (χ3n) is 6.46. The van der Waals surface area contributed by atoms with E-state index >= 15 is 0 Å². The van der Waals surface area contributed by atoms with Crippen molar-refractivity contribution in [2.45, 2.75) is 38.1 Å². The Hall–Kier alpha value is -3.88. The van der Waals surface area contributed by atoms with Gasteiger partial charge >= 0.3 is 6.03 Å². The van der Waals surface area contributed by atoms with Gasteiger partial charge in [0.1, 0.15) is 17.8 Å². The third-order valence-corrected chi connectivity index (χ3v) is 6.46. The van der Waals surface area contributed by atoms with Gasteiger partial charge < -0.3 is 20.7 Å². The van der Waals surface area contributed by atoms with E-state index in [1.807, 2.05) is 0 Å². The molecule has 4 rings (SSSR count). The molecule has 178 valence electrons. The maximum atomic E-state index is 12.9. The Bertz CT molecular complexity index is 1110. The lowest BCUT2D eigenvalue weighted by Gasteiger charge is -2.33. The second kappa shape index (κ2) is 9.54. The minimum absolute atomic E-state index is 0.325. The van der Waals surface area contributed by atoms with Crippen molar-refractivity contribution in [2.24, 2.45) is 5.92 Å². The van der Waals surface area contributed by atoms with Crippen LogP contribution >= 0.6 is 0 Å². The number of hydrogen-bond acceptors (Lipinski definition) is 5. The van der Waals surface area contributed by atoms with Crippen LogP contribution in [-0.4, -0.2) is 47.8 Å². The van der Waals surface area contributed by atoms with Gasteiger partial charge in [-0.25, -0.2) is 4.79 Å². The summed E-state index contributed by atoms with van der Waals surface area (Å²) in [6.07, 6.45) is 2.91. The zero-order valence-electron chi connectivity index (χ0n) is 19.2. The first kappa shape index (κ1) is 23.3. The molecule has 0 radical (unpaired) electrons. The summed E-state index contributed by atoms with van der Waals surface area (Å²) >= 11 is 0. The number of carbonyl (C=O) groups is 4. The Morgan fingerprint density at radius 3 is 2.41 bits per heavy atom. The van der Waals surface area contributed by atoms with E-state index in [2.05, 4.69) is 22.9 Å². The third kappa shape index (κ3) is 4.73. The Morgan fingerprint density at radius 1 is 1.06 bits per heavy atom. The normalized spacial score (nSPS) is 21.8. The molecule has 3 N–H and O–H groups in total. The minimum Gasteiger partial charge on any atom is -0.495 e. The average molecular weight is 465 g/mol. The number of para-hydroxylation sites is 2. The maximum absolute atomic E-state index is 12.9. The summed E-state index contributed by atoms with van der Waals surface area (Å²) in [6, 6.07) is 12.9. The Kier molecular flexibility index (Phi) is 6.54. The predicted molar refractivity (Wildman–Crippen MR) is 127 cm³/mol. The van der Waals surface area contributed by atoms with Crippen molar-refractivity contribution < 1.29 is 23.9 Å². The first-order valence-electron chi connectivity index (χ1n) is 11.3. The number of anilines is 2. The fourth-order valence-electron chi connectivity index (χ4n) is 4.41. The molecule has 1 aliphatic carbocycles. The number of ether oxygens (including phenoxy) is 1. The highest BCUT2D eigenvalue weighted by atomic mass is 16.5. The smallest absolute Gasteiger partial charge is 0.325 e. The van der Waals surface area contributed by atoms with E-state index in [1.165, 1.54) is 7.11 Å². The number of benzene rings is 2. The van der Waals surface area contributed by atoms with E-state index in [9.17, 15) is 19.2 Å². The van der Waals surface area contributed by atoms with Crippen molar-refractivity contribution in [1.29, 1.82) is 0 Å². The van der Waals surface area contributed by atoms with Gasteiger partial charge in [-0.3, -0.25) is 19.3 Å². The van der Waals surface area contributed by atoms with Crippen molar-refractivity contribution in [3.05, 3.63) is 54.1 Å². The van der Waals surface area contributed by atoms with Crippen LogP contribution in [0.2, 0.25) is 0 Å². The molecule has 1 aliphatic heterocycles. The Morgan fingerprint density at radius 2 is 1.74 bits per heavy atom. The molecule has 0 bridgehead atoms. The lowest BCUT2D eigenvalue weighted by Crippen LogP contribution is -2.49. The summed E-state index contributed by atoms with van der Waals surface area (Å²) in [5, 5.41) is 8.28. The second-order valence-electron chi connectivity index (χ2n) is 8.87. The summed E-state index contributed by atoms with van der Waals surface area (Å²) in [5.74, 6) is -0.0788. The van der Waals surface area contributed by atoms with Crippen LogP contribution in [0.5, 0.6) is 5.75 Å². The summed E-state index contributed by atoms with van der Waals surface area (Å²) in [6.45, 7) is 1.77. The lowest BCUT2D eigenvalue weighted by atomic mass is 9.77. The summed E-state index contributed by atoms with van der Waals surface area (Å²) < 4.78 is 5.24. The van der Waals surface area contributed by atoms with Gasteiger partial charge in [0.05, 0.1) is 12.8 Å². The van der Waals surface area contributed by atoms with Gasteiger partial charge in [-0.15, -0.1) is 0 Å². The minimum atomic E-state index is -0.875. The quantitative estimate of drug-likeness (QED) is 0.567. The number of methoxy groups -OCH3 is 1. The van der Waals surface area contributed by atoms with Gasteiger partial charge in [0.2, 0.25) is 5.91 Å².